The number of fused-ring (bicyclic) bond motifs is 1. The standard InChI is InChI=1S/C23H25FN2O2/c1-15-9-10-17(13-21(15)24)12-18-6-3-4-8-20(18)23(28)26-14-19-7-5-11-25(19)22(27)16(26)2/h3-4,6,8-10,13,16,19H,5,7,11-12,14H2,1-2H3/t16-,19-/m1/s1. The van der Waals surface area contributed by atoms with Crippen molar-refractivity contribution in [3.8, 4) is 0 Å². The number of piperazine rings is 1. The van der Waals surface area contributed by atoms with Crippen molar-refractivity contribution in [1.29, 1.82) is 0 Å². The van der Waals surface area contributed by atoms with Crippen molar-refractivity contribution in [3.63, 3.8) is 0 Å². The zero-order valence-corrected chi connectivity index (χ0v) is 16.3. The number of benzene rings is 2. The van der Waals surface area contributed by atoms with Gasteiger partial charge in [0.05, 0.1) is 0 Å². The molecule has 0 unspecified atom stereocenters. The van der Waals surface area contributed by atoms with Crippen LogP contribution >= 0.6 is 0 Å². The SMILES string of the molecule is Cc1ccc(Cc2ccccc2C(=O)N2C[C@H]3CCCN3C(=O)[C@H]2C)cc1F. The van der Waals surface area contributed by atoms with E-state index in [0.717, 1.165) is 30.5 Å². The highest BCUT2D eigenvalue weighted by atomic mass is 19.1. The topological polar surface area (TPSA) is 40.6 Å². The van der Waals surface area contributed by atoms with E-state index in [4.69, 9.17) is 0 Å². The lowest BCUT2D eigenvalue weighted by molar-refractivity contribution is -0.141. The summed E-state index contributed by atoms with van der Waals surface area (Å²) in [5, 5.41) is 0. The molecule has 2 heterocycles. The first-order valence-corrected chi connectivity index (χ1v) is 9.90. The van der Waals surface area contributed by atoms with Gasteiger partial charge in [0, 0.05) is 24.7 Å². The van der Waals surface area contributed by atoms with E-state index in [1.165, 1.54) is 6.07 Å². The third-order valence-corrected chi connectivity index (χ3v) is 6.03. The van der Waals surface area contributed by atoms with Gasteiger partial charge in [-0.15, -0.1) is 0 Å². The maximum absolute atomic E-state index is 13.9. The second-order valence-electron chi connectivity index (χ2n) is 7.88. The second kappa shape index (κ2) is 7.38. The number of carbonyl (C=O) groups is 2. The van der Waals surface area contributed by atoms with E-state index in [1.807, 2.05) is 36.1 Å². The van der Waals surface area contributed by atoms with Crippen LogP contribution < -0.4 is 0 Å². The second-order valence-corrected chi connectivity index (χ2v) is 7.88. The van der Waals surface area contributed by atoms with Crippen molar-refractivity contribution in [2.75, 3.05) is 13.1 Å². The van der Waals surface area contributed by atoms with E-state index >= 15 is 0 Å². The Morgan fingerprint density at radius 1 is 1.21 bits per heavy atom. The van der Waals surface area contributed by atoms with E-state index in [1.54, 1.807) is 24.0 Å². The van der Waals surface area contributed by atoms with Crippen LogP contribution in [0, 0.1) is 12.7 Å². The largest absolute Gasteiger partial charge is 0.336 e. The minimum atomic E-state index is -0.452. The lowest BCUT2D eigenvalue weighted by atomic mass is 9.97. The summed E-state index contributed by atoms with van der Waals surface area (Å²) in [4.78, 5) is 29.7. The van der Waals surface area contributed by atoms with Crippen LogP contribution in [-0.4, -0.2) is 46.8 Å². The summed E-state index contributed by atoms with van der Waals surface area (Å²) in [7, 11) is 0. The van der Waals surface area contributed by atoms with Gasteiger partial charge in [0.25, 0.3) is 5.91 Å². The molecule has 0 N–H and O–H groups in total. The molecule has 0 saturated carbocycles. The van der Waals surface area contributed by atoms with Crippen molar-refractivity contribution in [2.45, 2.75) is 45.2 Å². The molecule has 2 aromatic rings. The fourth-order valence-corrected chi connectivity index (χ4v) is 4.34. The summed E-state index contributed by atoms with van der Waals surface area (Å²) in [6, 6.07) is 12.3. The predicted molar refractivity (Wildman–Crippen MR) is 106 cm³/mol. The van der Waals surface area contributed by atoms with Gasteiger partial charge in [-0.2, -0.15) is 0 Å². The van der Waals surface area contributed by atoms with E-state index in [-0.39, 0.29) is 23.7 Å². The van der Waals surface area contributed by atoms with Crippen molar-refractivity contribution in [2.24, 2.45) is 0 Å². The van der Waals surface area contributed by atoms with Crippen molar-refractivity contribution < 1.29 is 14.0 Å². The minimum absolute atomic E-state index is 0.0418. The summed E-state index contributed by atoms with van der Waals surface area (Å²) in [5.74, 6) is -0.311. The fourth-order valence-electron chi connectivity index (χ4n) is 4.34. The van der Waals surface area contributed by atoms with Gasteiger partial charge < -0.3 is 9.80 Å². The lowest BCUT2D eigenvalue weighted by Crippen LogP contribution is -2.60. The van der Waals surface area contributed by atoms with Crippen LogP contribution in [0.3, 0.4) is 0 Å². The summed E-state index contributed by atoms with van der Waals surface area (Å²) in [6.45, 7) is 4.93. The third kappa shape index (κ3) is 3.30. The summed E-state index contributed by atoms with van der Waals surface area (Å²) >= 11 is 0. The fraction of sp³-hybridized carbons (Fsp3) is 0.391. The Balaban J connectivity index is 1.61. The highest BCUT2D eigenvalue weighted by Crippen LogP contribution is 2.28. The van der Waals surface area contributed by atoms with E-state index < -0.39 is 6.04 Å². The van der Waals surface area contributed by atoms with Gasteiger partial charge in [-0.3, -0.25) is 9.59 Å². The van der Waals surface area contributed by atoms with E-state index in [9.17, 15) is 14.0 Å². The monoisotopic (exact) mass is 380 g/mol. The Kier molecular flexibility index (Phi) is 4.92. The van der Waals surface area contributed by atoms with Crippen LogP contribution in [0.5, 0.6) is 0 Å². The zero-order chi connectivity index (χ0) is 19.8. The van der Waals surface area contributed by atoms with Crippen molar-refractivity contribution in [3.05, 3.63) is 70.5 Å². The maximum atomic E-state index is 13.9. The molecule has 2 atom stereocenters. The summed E-state index contributed by atoms with van der Waals surface area (Å²) < 4.78 is 13.9. The van der Waals surface area contributed by atoms with Crippen LogP contribution in [0.2, 0.25) is 0 Å². The normalized spacial score (nSPS) is 21.8. The van der Waals surface area contributed by atoms with Crippen LogP contribution in [-0.2, 0) is 11.2 Å². The Labute approximate surface area is 164 Å². The van der Waals surface area contributed by atoms with Crippen molar-refractivity contribution in [1.82, 2.24) is 9.80 Å². The number of halogens is 1. The molecular formula is C23H25FN2O2. The van der Waals surface area contributed by atoms with Crippen LogP contribution in [0.25, 0.3) is 0 Å². The van der Waals surface area contributed by atoms with Gasteiger partial charge in [0.15, 0.2) is 0 Å². The highest BCUT2D eigenvalue weighted by Gasteiger charge is 2.42. The Bertz CT molecular complexity index is 927. The van der Waals surface area contributed by atoms with Gasteiger partial charge in [0.1, 0.15) is 11.9 Å². The number of aryl methyl sites for hydroxylation is 1. The van der Waals surface area contributed by atoms with Gasteiger partial charge in [-0.25, -0.2) is 4.39 Å². The molecule has 2 fully saturated rings. The van der Waals surface area contributed by atoms with Gasteiger partial charge in [-0.05, 0) is 61.9 Å². The molecule has 4 rings (SSSR count). The molecule has 0 radical (unpaired) electrons. The first-order valence-electron chi connectivity index (χ1n) is 9.90. The number of amides is 2. The summed E-state index contributed by atoms with van der Waals surface area (Å²) in [5.41, 5.74) is 2.88. The number of rotatable bonds is 3. The molecule has 0 spiro atoms. The smallest absolute Gasteiger partial charge is 0.254 e. The van der Waals surface area contributed by atoms with Gasteiger partial charge in [-0.1, -0.05) is 30.3 Å². The Morgan fingerprint density at radius 3 is 2.79 bits per heavy atom. The predicted octanol–water partition coefficient (Wildman–Crippen LogP) is 3.56. The molecule has 5 heteroatoms. The Morgan fingerprint density at radius 2 is 2.00 bits per heavy atom. The number of hydrogen-bond acceptors (Lipinski definition) is 2. The van der Waals surface area contributed by atoms with E-state index in [0.29, 0.717) is 24.1 Å². The Hall–Kier alpha value is -2.69. The maximum Gasteiger partial charge on any atom is 0.254 e. The van der Waals surface area contributed by atoms with Gasteiger partial charge in [0.2, 0.25) is 5.91 Å². The van der Waals surface area contributed by atoms with Crippen molar-refractivity contribution >= 4 is 11.8 Å². The molecule has 2 aliphatic heterocycles. The third-order valence-electron chi connectivity index (χ3n) is 6.03. The zero-order valence-electron chi connectivity index (χ0n) is 16.3. The average Bonchev–Trinajstić information content (AvgIpc) is 3.16. The van der Waals surface area contributed by atoms with Crippen LogP contribution in [0.1, 0.15) is 46.8 Å². The molecule has 0 aromatic heterocycles. The first-order chi connectivity index (χ1) is 13.5. The minimum Gasteiger partial charge on any atom is -0.336 e. The molecule has 2 aliphatic rings. The average molecular weight is 380 g/mol. The van der Waals surface area contributed by atoms with E-state index in [2.05, 4.69) is 0 Å². The van der Waals surface area contributed by atoms with Gasteiger partial charge >= 0.3 is 0 Å². The number of nitrogens with zero attached hydrogens (tertiary/aromatic N) is 2. The van der Waals surface area contributed by atoms with Crippen LogP contribution in [0.15, 0.2) is 42.5 Å². The summed E-state index contributed by atoms with van der Waals surface area (Å²) in [6.07, 6.45) is 2.43. The molecule has 146 valence electrons. The quantitative estimate of drug-likeness (QED) is 0.817. The lowest BCUT2D eigenvalue weighted by Gasteiger charge is -2.41. The number of carbonyl (C=O) groups excluding carboxylic acids is 2. The molecule has 4 nitrogen and oxygen atoms in total. The molecule has 2 saturated heterocycles. The highest BCUT2D eigenvalue weighted by molar-refractivity contribution is 5.99. The molecule has 2 amide bonds. The molecule has 28 heavy (non-hydrogen) atoms. The molecular weight excluding hydrogens is 355 g/mol. The molecule has 0 aliphatic carbocycles. The molecule has 2 aromatic carbocycles. The first kappa shape index (κ1) is 18.7. The number of hydrogen-bond donors (Lipinski definition) is 0. The molecule has 0 bridgehead atoms. The van der Waals surface area contributed by atoms with Crippen LogP contribution in [0.4, 0.5) is 4.39 Å².